The molecule has 0 aliphatic carbocycles. The van der Waals surface area contributed by atoms with Crippen LogP contribution < -0.4 is 5.73 Å². The van der Waals surface area contributed by atoms with Gasteiger partial charge < -0.3 is 10.8 Å². The zero-order valence-corrected chi connectivity index (χ0v) is 9.02. The second-order valence-electron chi connectivity index (χ2n) is 2.92. The van der Waals surface area contributed by atoms with Crippen molar-refractivity contribution < 1.29 is 14.3 Å². The van der Waals surface area contributed by atoms with Crippen LogP contribution in [-0.4, -0.2) is 17.6 Å². The van der Waals surface area contributed by atoms with Crippen LogP contribution in [0.25, 0.3) is 0 Å². The van der Waals surface area contributed by atoms with E-state index in [9.17, 15) is 9.18 Å². The summed E-state index contributed by atoms with van der Waals surface area (Å²) in [6.45, 7) is -0.172. The minimum absolute atomic E-state index is 0.0894. The highest BCUT2D eigenvalue weighted by Crippen LogP contribution is 2.30. The third-order valence-corrected chi connectivity index (χ3v) is 2.55. The molecule has 1 unspecified atom stereocenters. The van der Waals surface area contributed by atoms with Crippen molar-refractivity contribution >= 4 is 29.2 Å². The van der Waals surface area contributed by atoms with E-state index in [1.165, 1.54) is 6.07 Å². The molecule has 0 fully saturated rings. The van der Waals surface area contributed by atoms with E-state index in [1.54, 1.807) is 0 Å². The lowest BCUT2D eigenvalue weighted by molar-refractivity contribution is -0.138. The van der Waals surface area contributed by atoms with E-state index in [4.69, 9.17) is 34.0 Å². The van der Waals surface area contributed by atoms with Crippen LogP contribution >= 0.6 is 23.2 Å². The molecule has 0 aliphatic rings. The van der Waals surface area contributed by atoms with Gasteiger partial charge in [-0.1, -0.05) is 23.2 Å². The third-order valence-electron chi connectivity index (χ3n) is 1.93. The lowest BCUT2D eigenvalue weighted by Gasteiger charge is -2.12. The molecule has 0 heterocycles. The average Bonchev–Trinajstić information content (AvgIpc) is 2.13. The summed E-state index contributed by atoms with van der Waals surface area (Å²) in [7, 11) is 0. The Bertz CT molecular complexity index is 398. The molecule has 15 heavy (non-hydrogen) atoms. The van der Waals surface area contributed by atoms with Crippen LogP contribution in [0, 0.1) is 5.82 Å². The maximum absolute atomic E-state index is 13.1. The highest BCUT2D eigenvalue weighted by Gasteiger charge is 2.23. The number of aliphatic carboxylic acids is 1. The van der Waals surface area contributed by atoms with Gasteiger partial charge in [0.1, 0.15) is 5.82 Å². The smallest absolute Gasteiger partial charge is 0.312 e. The van der Waals surface area contributed by atoms with E-state index in [2.05, 4.69) is 0 Å². The molecule has 0 aromatic heterocycles. The van der Waals surface area contributed by atoms with E-state index in [0.29, 0.717) is 0 Å². The Balaban J connectivity index is 3.28. The molecule has 0 spiro atoms. The van der Waals surface area contributed by atoms with Gasteiger partial charge in [-0.15, -0.1) is 0 Å². The molecule has 0 bridgehead atoms. The maximum Gasteiger partial charge on any atom is 0.312 e. The van der Waals surface area contributed by atoms with Crippen LogP contribution in [0.3, 0.4) is 0 Å². The summed E-state index contributed by atoms with van der Waals surface area (Å²) in [6, 6.07) is 2.32. The summed E-state index contributed by atoms with van der Waals surface area (Å²) < 4.78 is 13.1. The van der Waals surface area contributed by atoms with Gasteiger partial charge in [-0.2, -0.15) is 0 Å². The quantitative estimate of drug-likeness (QED) is 0.811. The number of carboxylic acid groups (broad SMARTS) is 1. The Morgan fingerprint density at radius 3 is 2.60 bits per heavy atom. The highest BCUT2D eigenvalue weighted by atomic mass is 35.5. The second kappa shape index (κ2) is 4.79. The Kier molecular flexibility index (Phi) is 3.90. The molecule has 0 amide bonds. The maximum atomic E-state index is 13.1. The number of carbonyl (C=O) groups is 1. The SMILES string of the molecule is NCC(C(=O)O)c1cc(Cl)cc(F)c1Cl. The Labute approximate surface area is 95.6 Å². The molecule has 0 aliphatic heterocycles. The first kappa shape index (κ1) is 12.2. The first-order valence-electron chi connectivity index (χ1n) is 4.04. The summed E-state index contributed by atoms with van der Waals surface area (Å²) in [4.78, 5) is 10.8. The number of halogens is 3. The number of hydrogen-bond acceptors (Lipinski definition) is 2. The third kappa shape index (κ3) is 2.59. The summed E-state index contributed by atoms with van der Waals surface area (Å²) in [5.41, 5.74) is 5.36. The standard InChI is InChI=1S/C9H8Cl2FNO2/c10-4-1-5(6(3-13)9(14)15)8(11)7(12)2-4/h1-2,6H,3,13H2,(H,14,15). The molecular formula is C9H8Cl2FNO2. The summed E-state index contributed by atoms with van der Waals surface area (Å²) in [5.74, 6) is -2.97. The molecule has 6 heteroatoms. The largest absolute Gasteiger partial charge is 0.481 e. The van der Waals surface area contributed by atoms with Gasteiger partial charge in [0.15, 0.2) is 0 Å². The number of nitrogens with two attached hydrogens (primary N) is 1. The molecule has 0 saturated heterocycles. The van der Waals surface area contributed by atoms with Gasteiger partial charge >= 0.3 is 5.97 Å². The summed E-state index contributed by atoms with van der Waals surface area (Å²) >= 11 is 11.2. The number of carboxylic acids is 1. The zero-order valence-electron chi connectivity index (χ0n) is 7.51. The fourth-order valence-corrected chi connectivity index (χ4v) is 1.64. The van der Waals surface area contributed by atoms with Gasteiger partial charge in [-0.25, -0.2) is 4.39 Å². The first-order chi connectivity index (χ1) is 6.97. The van der Waals surface area contributed by atoms with Crippen LogP contribution in [0.4, 0.5) is 4.39 Å². The second-order valence-corrected chi connectivity index (χ2v) is 3.73. The number of benzene rings is 1. The fraction of sp³-hybridized carbons (Fsp3) is 0.222. The number of hydrogen-bond donors (Lipinski definition) is 2. The fourth-order valence-electron chi connectivity index (χ4n) is 1.19. The van der Waals surface area contributed by atoms with Crippen molar-refractivity contribution in [1.82, 2.24) is 0 Å². The first-order valence-corrected chi connectivity index (χ1v) is 4.80. The lowest BCUT2D eigenvalue weighted by Crippen LogP contribution is -2.21. The van der Waals surface area contributed by atoms with Crippen molar-refractivity contribution in [2.45, 2.75) is 5.92 Å². The van der Waals surface area contributed by atoms with Crippen molar-refractivity contribution in [2.75, 3.05) is 6.54 Å². The topological polar surface area (TPSA) is 63.3 Å². The van der Waals surface area contributed by atoms with Crippen molar-refractivity contribution in [2.24, 2.45) is 5.73 Å². The van der Waals surface area contributed by atoms with E-state index in [-0.39, 0.29) is 22.2 Å². The molecule has 1 atom stereocenters. The van der Waals surface area contributed by atoms with E-state index >= 15 is 0 Å². The minimum atomic E-state index is -1.17. The van der Waals surface area contributed by atoms with Gasteiger partial charge in [0, 0.05) is 11.6 Å². The monoisotopic (exact) mass is 251 g/mol. The van der Waals surface area contributed by atoms with E-state index in [0.717, 1.165) is 6.07 Å². The molecule has 1 aromatic carbocycles. The normalized spacial score (nSPS) is 12.5. The Morgan fingerprint density at radius 1 is 1.53 bits per heavy atom. The zero-order chi connectivity index (χ0) is 11.6. The van der Waals surface area contributed by atoms with Crippen molar-refractivity contribution in [3.8, 4) is 0 Å². The average molecular weight is 252 g/mol. The highest BCUT2D eigenvalue weighted by molar-refractivity contribution is 6.34. The van der Waals surface area contributed by atoms with Crippen LogP contribution in [0.15, 0.2) is 12.1 Å². The van der Waals surface area contributed by atoms with Crippen LogP contribution in [0.1, 0.15) is 11.5 Å². The predicted octanol–water partition coefficient (Wildman–Crippen LogP) is 2.26. The molecular weight excluding hydrogens is 244 g/mol. The summed E-state index contributed by atoms with van der Waals surface area (Å²) in [5, 5.41) is 8.67. The molecule has 82 valence electrons. The molecule has 0 saturated carbocycles. The van der Waals surface area contributed by atoms with E-state index < -0.39 is 17.7 Å². The van der Waals surface area contributed by atoms with Crippen LogP contribution in [-0.2, 0) is 4.79 Å². The van der Waals surface area contributed by atoms with Gasteiger partial charge in [0.2, 0.25) is 0 Å². The van der Waals surface area contributed by atoms with Gasteiger partial charge in [-0.05, 0) is 17.7 Å². The molecule has 3 N–H and O–H groups in total. The van der Waals surface area contributed by atoms with Crippen molar-refractivity contribution in [3.05, 3.63) is 33.6 Å². The predicted molar refractivity (Wildman–Crippen MR) is 55.9 cm³/mol. The van der Waals surface area contributed by atoms with Gasteiger partial charge in [0.05, 0.1) is 10.9 Å². The lowest BCUT2D eigenvalue weighted by atomic mass is 9.99. The molecule has 0 radical (unpaired) electrons. The molecule has 3 nitrogen and oxygen atoms in total. The van der Waals surface area contributed by atoms with Gasteiger partial charge in [-0.3, -0.25) is 4.79 Å². The number of rotatable bonds is 3. The van der Waals surface area contributed by atoms with E-state index in [1.807, 2.05) is 0 Å². The molecule has 1 rings (SSSR count). The van der Waals surface area contributed by atoms with Crippen molar-refractivity contribution in [1.29, 1.82) is 0 Å². The summed E-state index contributed by atoms with van der Waals surface area (Å²) in [6.07, 6.45) is 0. The minimum Gasteiger partial charge on any atom is -0.481 e. The Morgan fingerprint density at radius 2 is 2.13 bits per heavy atom. The molecule has 1 aromatic rings. The van der Waals surface area contributed by atoms with Crippen LogP contribution in [0.5, 0.6) is 0 Å². The Hall–Kier alpha value is -0.840. The van der Waals surface area contributed by atoms with Crippen molar-refractivity contribution in [3.63, 3.8) is 0 Å². The van der Waals surface area contributed by atoms with Crippen LogP contribution in [0.2, 0.25) is 10.0 Å². The van der Waals surface area contributed by atoms with Gasteiger partial charge in [0.25, 0.3) is 0 Å².